The standard InChI is InChI=1S/C16H14F3NO2S/c1-2-22-15(21)11-6-5-7-12(10-11)23-20-14-9-4-3-8-13(14)16(17,18)19/h3-10,20H,2H2,1H3. The molecule has 0 bridgehead atoms. The van der Waals surface area contributed by atoms with Crippen molar-refractivity contribution in [1.29, 1.82) is 0 Å². The molecule has 0 heterocycles. The van der Waals surface area contributed by atoms with Crippen molar-refractivity contribution in [1.82, 2.24) is 0 Å². The van der Waals surface area contributed by atoms with E-state index in [0.717, 1.165) is 18.0 Å². The van der Waals surface area contributed by atoms with Crippen molar-refractivity contribution in [2.45, 2.75) is 18.0 Å². The third-order valence-corrected chi connectivity index (χ3v) is 3.67. The van der Waals surface area contributed by atoms with Gasteiger partial charge < -0.3 is 9.46 Å². The molecule has 1 N–H and O–H groups in total. The first-order chi connectivity index (χ1) is 10.9. The number of anilines is 1. The summed E-state index contributed by atoms with van der Waals surface area (Å²) in [6.45, 7) is 1.96. The van der Waals surface area contributed by atoms with Gasteiger partial charge in [-0.1, -0.05) is 18.2 Å². The second-order valence-corrected chi connectivity index (χ2v) is 5.38. The molecule has 7 heteroatoms. The number of hydrogen-bond donors (Lipinski definition) is 1. The van der Waals surface area contributed by atoms with Gasteiger partial charge in [-0.3, -0.25) is 0 Å². The highest BCUT2D eigenvalue weighted by molar-refractivity contribution is 8.00. The second-order valence-electron chi connectivity index (χ2n) is 4.50. The lowest BCUT2D eigenvalue weighted by atomic mass is 10.2. The number of rotatable bonds is 5. The van der Waals surface area contributed by atoms with Gasteiger partial charge in [0, 0.05) is 4.90 Å². The molecule has 3 nitrogen and oxygen atoms in total. The summed E-state index contributed by atoms with van der Waals surface area (Å²) in [6, 6.07) is 11.7. The highest BCUT2D eigenvalue weighted by atomic mass is 32.2. The van der Waals surface area contributed by atoms with Gasteiger partial charge in [0.05, 0.1) is 23.4 Å². The van der Waals surface area contributed by atoms with Gasteiger partial charge in [0.15, 0.2) is 0 Å². The van der Waals surface area contributed by atoms with Crippen molar-refractivity contribution in [2.24, 2.45) is 0 Å². The molecule has 0 aromatic heterocycles. The fourth-order valence-electron chi connectivity index (χ4n) is 1.83. The van der Waals surface area contributed by atoms with Crippen molar-refractivity contribution in [2.75, 3.05) is 11.3 Å². The molecular weight excluding hydrogens is 327 g/mol. The topological polar surface area (TPSA) is 38.3 Å². The quantitative estimate of drug-likeness (QED) is 0.613. The minimum Gasteiger partial charge on any atom is -0.462 e. The summed E-state index contributed by atoms with van der Waals surface area (Å²) >= 11 is 0.996. The van der Waals surface area contributed by atoms with Crippen LogP contribution in [0.1, 0.15) is 22.8 Å². The van der Waals surface area contributed by atoms with Crippen molar-refractivity contribution in [3.8, 4) is 0 Å². The van der Waals surface area contributed by atoms with Gasteiger partial charge in [0.2, 0.25) is 0 Å². The SMILES string of the molecule is CCOC(=O)c1cccc(SNc2ccccc2C(F)(F)F)c1. The van der Waals surface area contributed by atoms with Crippen LogP contribution in [0.5, 0.6) is 0 Å². The Bertz CT molecular complexity index is 689. The van der Waals surface area contributed by atoms with Crippen molar-refractivity contribution in [3.63, 3.8) is 0 Å². The smallest absolute Gasteiger partial charge is 0.418 e. The lowest BCUT2D eigenvalue weighted by Crippen LogP contribution is -2.08. The maximum atomic E-state index is 12.9. The zero-order valence-electron chi connectivity index (χ0n) is 12.2. The van der Waals surface area contributed by atoms with Crippen LogP contribution in [0, 0.1) is 0 Å². The van der Waals surface area contributed by atoms with E-state index in [1.165, 1.54) is 18.2 Å². The number of carbonyl (C=O) groups is 1. The Morgan fingerprint density at radius 2 is 1.91 bits per heavy atom. The molecule has 0 aliphatic rings. The Labute approximate surface area is 136 Å². The Morgan fingerprint density at radius 3 is 2.61 bits per heavy atom. The molecule has 0 aliphatic carbocycles. The summed E-state index contributed by atoms with van der Waals surface area (Å²) in [5.74, 6) is -0.467. The van der Waals surface area contributed by atoms with Gasteiger partial charge in [-0.2, -0.15) is 13.2 Å². The van der Waals surface area contributed by atoms with Crippen LogP contribution in [0.3, 0.4) is 0 Å². The van der Waals surface area contributed by atoms with Crippen LogP contribution in [0.2, 0.25) is 0 Å². The number of halogens is 3. The molecule has 0 aliphatic heterocycles. The van der Waals surface area contributed by atoms with Gasteiger partial charge in [-0.05, 0) is 49.2 Å². The number of ether oxygens (including phenoxy) is 1. The molecule has 0 radical (unpaired) electrons. The maximum absolute atomic E-state index is 12.9. The van der Waals surface area contributed by atoms with E-state index in [9.17, 15) is 18.0 Å². The van der Waals surface area contributed by atoms with E-state index in [-0.39, 0.29) is 12.3 Å². The molecule has 0 amide bonds. The summed E-state index contributed by atoms with van der Waals surface area (Å²) in [5, 5.41) is 0. The van der Waals surface area contributed by atoms with E-state index < -0.39 is 17.7 Å². The summed E-state index contributed by atoms with van der Waals surface area (Å²) in [6.07, 6.45) is -4.43. The molecule has 23 heavy (non-hydrogen) atoms. The zero-order chi connectivity index (χ0) is 16.9. The number of alkyl halides is 3. The average Bonchev–Trinajstić information content (AvgIpc) is 2.53. The molecule has 0 saturated heterocycles. The van der Waals surface area contributed by atoms with E-state index in [0.29, 0.717) is 10.5 Å². The highest BCUT2D eigenvalue weighted by Crippen LogP contribution is 2.36. The molecule has 0 unspecified atom stereocenters. The predicted octanol–water partition coefficient (Wildman–Crippen LogP) is 5.00. The molecule has 0 atom stereocenters. The predicted molar refractivity (Wildman–Crippen MR) is 83.3 cm³/mol. The first-order valence-electron chi connectivity index (χ1n) is 6.78. The summed E-state index contributed by atoms with van der Waals surface area (Å²) < 4.78 is 46.3. The highest BCUT2D eigenvalue weighted by Gasteiger charge is 2.33. The second kappa shape index (κ2) is 7.41. The van der Waals surface area contributed by atoms with Gasteiger partial charge in [-0.15, -0.1) is 0 Å². The Hall–Kier alpha value is -2.15. The molecule has 2 rings (SSSR count). The Kier molecular flexibility index (Phi) is 5.54. The third-order valence-electron chi connectivity index (χ3n) is 2.86. The minimum absolute atomic E-state index is 0.0356. The largest absolute Gasteiger partial charge is 0.462 e. The maximum Gasteiger partial charge on any atom is 0.418 e. The van der Waals surface area contributed by atoms with Crippen molar-refractivity contribution < 1.29 is 22.7 Å². The van der Waals surface area contributed by atoms with Crippen molar-refractivity contribution >= 4 is 23.6 Å². The molecule has 0 saturated carbocycles. The van der Waals surface area contributed by atoms with Crippen molar-refractivity contribution in [3.05, 3.63) is 59.7 Å². The van der Waals surface area contributed by atoms with Crippen LogP contribution >= 0.6 is 11.9 Å². The average molecular weight is 341 g/mol. The number of nitrogens with one attached hydrogen (secondary N) is 1. The van der Waals surface area contributed by atoms with Gasteiger partial charge in [0.25, 0.3) is 0 Å². The number of para-hydroxylation sites is 1. The van der Waals surface area contributed by atoms with E-state index in [1.807, 2.05) is 0 Å². The van der Waals surface area contributed by atoms with Gasteiger partial charge in [0.1, 0.15) is 0 Å². The van der Waals surface area contributed by atoms with E-state index in [4.69, 9.17) is 4.74 Å². The molecular formula is C16H14F3NO2S. The fraction of sp³-hybridized carbons (Fsp3) is 0.188. The van der Waals surface area contributed by atoms with E-state index >= 15 is 0 Å². The molecule has 0 fully saturated rings. The van der Waals surface area contributed by atoms with Crippen LogP contribution in [0.25, 0.3) is 0 Å². The molecule has 2 aromatic rings. The first-order valence-corrected chi connectivity index (χ1v) is 7.59. The summed E-state index contributed by atoms with van der Waals surface area (Å²) in [5.41, 5.74) is -0.427. The van der Waals surface area contributed by atoms with Crippen LogP contribution < -0.4 is 4.72 Å². The van der Waals surface area contributed by atoms with Crippen LogP contribution in [-0.2, 0) is 10.9 Å². The normalized spacial score (nSPS) is 11.1. The van der Waals surface area contributed by atoms with Crippen LogP contribution in [-0.4, -0.2) is 12.6 Å². The minimum atomic E-state index is -4.43. The van der Waals surface area contributed by atoms with Gasteiger partial charge in [-0.25, -0.2) is 4.79 Å². The number of carbonyl (C=O) groups excluding carboxylic acids is 1. The first kappa shape index (κ1) is 17.2. The third kappa shape index (κ3) is 4.66. The lowest BCUT2D eigenvalue weighted by Gasteiger charge is -2.13. The van der Waals surface area contributed by atoms with Crippen LogP contribution in [0.15, 0.2) is 53.4 Å². The Balaban J connectivity index is 2.13. The van der Waals surface area contributed by atoms with E-state index in [1.54, 1.807) is 31.2 Å². The summed E-state index contributed by atoms with van der Waals surface area (Å²) in [4.78, 5) is 12.3. The molecule has 0 spiro atoms. The van der Waals surface area contributed by atoms with E-state index in [2.05, 4.69) is 4.72 Å². The number of hydrogen-bond acceptors (Lipinski definition) is 4. The molecule has 122 valence electrons. The fourth-order valence-corrected chi connectivity index (χ4v) is 2.57. The number of esters is 1. The summed E-state index contributed by atoms with van der Waals surface area (Å²) in [7, 11) is 0. The zero-order valence-corrected chi connectivity index (χ0v) is 13.0. The number of benzene rings is 2. The van der Waals surface area contributed by atoms with Gasteiger partial charge >= 0.3 is 12.1 Å². The van der Waals surface area contributed by atoms with Crippen LogP contribution in [0.4, 0.5) is 18.9 Å². The lowest BCUT2D eigenvalue weighted by molar-refractivity contribution is -0.136. The Morgan fingerprint density at radius 1 is 1.17 bits per heavy atom. The molecule has 2 aromatic carbocycles. The monoisotopic (exact) mass is 341 g/mol.